The van der Waals surface area contributed by atoms with Crippen molar-refractivity contribution >= 4 is 12.0 Å². The number of hydrogen-bond donors (Lipinski definition) is 3. The van der Waals surface area contributed by atoms with Crippen LogP contribution in [-0.4, -0.2) is 28.7 Å². The van der Waals surface area contributed by atoms with Crippen LogP contribution in [0.5, 0.6) is 0 Å². The number of amides is 2. The lowest BCUT2D eigenvalue weighted by atomic mass is 9.75. The first kappa shape index (κ1) is 16.1. The number of hydrogen-bond acceptors (Lipinski definition) is 2. The Morgan fingerprint density at radius 2 is 1.81 bits per heavy atom. The SMILES string of the molecule is CC1(C)CCCC(NC(=O)NC2(CC(=O)O)CCCC2)C1. The van der Waals surface area contributed by atoms with E-state index in [2.05, 4.69) is 24.5 Å². The molecular weight excluding hydrogens is 268 g/mol. The Bertz CT molecular complexity index is 400. The molecule has 5 nitrogen and oxygen atoms in total. The van der Waals surface area contributed by atoms with Crippen LogP contribution in [-0.2, 0) is 4.79 Å². The van der Waals surface area contributed by atoms with Crippen molar-refractivity contribution < 1.29 is 14.7 Å². The molecule has 2 rings (SSSR count). The second kappa shape index (κ2) is 6.24. The van der Waals surface area contributed by atoms with Gasteiger partial charge in [-0.05, 0) is 37.5 Å². The molecule has 1 atom stereocenters. The first-order valence-corrected chi connectivity index (χ1v) is 8.11. The molecule has 120 valence electrons. The number of carbonyl (C=O) groups excluding carboxylic acids is 1. The van der Waals surface area contributed by atoms with Gasteiger partial charge in [-0.3, -0.25) is 4.79 Å². The normalized spacial score (nSPS) is 27.0. The molecule has 3 N–H and O–H groups in total. The maximum Gasteiger partial charge on any atom is 0.315 e. The zero-order chi connectivity index (χ0) is 15.5. The second-order valence-electron chi connectivity index (χ2n) is 7.61. The van der Waals surface area contributed by atoms with Gasteiger partial charge in [0, 0.05) is 6.04 Å². The Labute approximate surface area is 126 Å². The summed E-state index contributed by atoms with van der Waals surface area (Å²) in [7, 11) is 0. The maximum absolute atomic E-state index is 12.2. The predicted octanol–water partition coefficient (Wildman–Crippen LogP) is 3.04. The molecule has 21 heavy (non-hydrogen) atoms. The molecule has 2 saturated carbocycles. The van der Waals surface area contributed by atoms with Crippen molar-refractivity contribution in [3.8, 4) is 0 Å². The van der Waals surface area contributed by atoms with Crippen LogP contribution in [0.25, 0.3) is 0 Å². The number of carbonyl (C=O) groups is 2. The van der Waals surface area contributed by atoms with Crippen molar-refractivity contribution in [2.45, 2.75) is 83.2 Å². The van der Waals surface area contributed by atoms with E-state index in [0.29, 0.717) is 0 Å². The highest BCUT2D eigenvalue weighted by molar-refractivity contribution is 5.77. The minimum absolute atomic E-state index is 0.0244. The molecule has 0 aromatic heterocycles. The van der Waals surface area contributed by atoms with E-state index >= 15 is 0 Å². The largest absolute Gasteiger partial charge is 0.481 e. The van der Waals surface area contributed by atoms with Crippen LogP contribution < -0.4 is 10.6 Å². The number of carboxylic acid groups (broad SMARTS) is 1. The molecule has 2 aliphatic rings. The van der Waals surface area contributed by atoms with Gasteiger partial charge in [-0.1, -0.05) is 33.1 Å². The van der Waals surface area contributed by atoms with Crippen molar-refractivity contribution in [2.75, 3.05) is 0 Å². The number of carboxylic acids is 1. The Morgan fingerprint density at radius 1 is 1.14 bits per heavy atom. The average Bonchev–Trinajstić information content (AvgIpc) is 2.74. The smallest absolute Gasteiger partial charge is 0.315 e. The predicted molar refractivity (Wildman–Crippen MR) is 81.2 cm³/mol. The zero-order valence-electron chi connectivity index (χ0n) is 13.2. The fourth-order valence-electron chi connectivity index (χ4n) is 3.97. The standard InChI is InChI=1S/C16H28N2O3/c1-15(2)7-5-6-12(10-15)17-14(21)18-16(11-13(19)20)8-3-4-9-16/h12H,3-11H2,1-2H3,(H,19,20)(H2,17,18,21). The molecule has 0 saturated heterocycles. The highest BCUT2D eigenvalue weighted by Gasteiger charge is 2.38. The fraction of sp³-hybridized carbons (Fsp3) is 0.875. The second-order valence-corrected chi connectivity index (χ2v) is 7.61. The molecule has 0 aromatic carbocycles. The topological polar surface area (TPSA) is 78.4 Å². The lowest BCUT2D eigenvalue weighted by Gasteiger charge is -2.36. The van der Waals surface area contributed by atoms with E-state index in [9.17, 15) is 9.59 Å². The summed E-state index contributed by atoms with van der Waals surface area (Å²) in [6, 6.07) is 0.0119. The molecular formula is C16H28N2O3. The molecule has 0 radical (unpaired) electrons. The molecule has 5 heteroatoms. The first-order chi connectivity index (χ1) is 9.80. The van der Waals surface area contributed by atoms with Gasteiger partial charge < -0.3 is 15.7 Å². The van der Waals surface area contributed by atoms with E-state index in [1.165, 1.54) is 6.42 Å². The summed E-state index contributed by atoms with van der Waals surface area (Å²) in [5.41, 5.74) is -0.261. The van der Waals surface area contributed by atoms with E-state index in [1.807, 2.05) is 0 Å². The van der Waals surface area contributed by atoms with Crippen molar-refractivity contribution in [2.24, 2.45) is 5.41 Å². The van der Waals surface area contributed by atoms with Crippen LogP contribution >= 0.6 is 0 Å². The van der Waals surface area contributed by atoms with E-state index in [-0.39, 0.29) is 23.9 Å². The highest BCUT2D eigenvalue weighted by Crippen LogP contribution is 2.35. The van der Waals surface area contributed by atoms with Crippen LogP contribution in [0, 0.1) is 5.41 Å². The summed E-state index contributed by atoms with van der Waals surface area (Å²) in [5.74, 6) is -0.837. The number of nitrogens with one attached hydrogen (secondary N) is 2. The van der Waals surface area contributed by atoms with Gasteiger partial charge in [-0.15, -0.1) is 0 Å². The molecule has 1 unspecified atom stereocenters. The van der Waals surface area contributed by atoms with Crippen LogP contribution in [0.3, 0.4) is 0 Å². The Balaban J connectivity index is 1.89. The van der Waals surface area contributed by atoms with E-state index < -0.39 is 11.5 Å². The molecule has 2 amide bonds. The third-order valence-electron chi connectivity index (χ3n) is 4.97. The number of rotatable bonds is 4. The molecule has 0 heterocycles. The summed E-state index contributed by atoms with van der Waals surface area (Å²) >= 11 is 0. The molecule has 0 bridgehead atoms. The quantitative estimate of drug-likeness (QED) is 0.746. The molecule has 0 aliphatic heterocycles. The van der Waals surface area contributed by atoms with Crippen molar-refractivity contribution in [1.82, 2.24) is 10.6 Å². The van der Waals surface area contributed by atoms with Crippen LogP contribution in [0.2, 0.25) is 0 Å². The average molecular weight is 296 g/mol. The first-order valence-electron chi connectivity index (χ1n) is 8.11. The Hall–Kier alpha value is -1.26. The van der Waals surface area contributed by atoms with Gasteiger partial charge in [0.25, 0.3) is 0 Å². The van der Waals surface area contributed by atoms with Gasteiger partial charge in [0.05, 0.1) is 12.0 Å². The van der Waals surface area contributed by atoms with Crippen LogP contribution in [0.15, 0.2) is 0 Å². The summed E-state index contributed by atoms with van der Waals surface area (Å²) < 4.78 is 0. The lowest BCUT2D eigenvalue weighted by molar-refractivity contribution is -0.138. The van der Waals surface area contributed by atoms with Gasteiger partial charge in [0.2, 0.25) is 0 Å². The van der Waals surface area contributed by atoms with Crippen molar-refractivity contribution in [1.29, 1.82) is 0 Å². The fourth-order valence-corrected chi connectivity index (χ4v) is 3.97. The van der Waals surface area contributed by atoms with Crippen LogP contribution in [0.1, 0.15) is 71.6 Å². The van der Waals surface area contributed by atoms with E-state index in [4.69, 9.17) is 5.11 Å². The third-order valence-corrected chi connectivity index (χ3v) is 4.97. The zero-order valence-corrected chi connectivity index (χ0v) is 13.2. The summed E-state index contributed by atoms with van der Waals surface area (Å²) in [5, 5.41) is 15.1. The van der Waals surface area contributed by atoms with Gasteiger partial charge in [0.15, 0.2) is 0 Å². The molecule has 0 spiro atoms. The molecule has 2 aliphatic carbocycles. The number of aliphatic carboxylic acids is 1. The summed E-state index contributed by atoms with van der Waals surface area (Å²) in [4.78, 5) is 23.3. The van der Waals surface area contributed by atoms with Gasteiger partial charge in [0.1, 0.15) is 0 Å². The third kappa shape index (κ3) is 4.61. The van der Waals surface area contributed by atoms with Gasteiger partial charge in [-0.2, -0.15) is 0 Å². The highest BCUT2D eigenvalue weighted by atomic mass is 16.4. The van der Waals surface area contributed by atoms with Gasteiger partial charge >= 0.3 is 12.0 Å². The van der Waals surface area contributed by atoms with Crippen molar-refractivity contribution in [3.05, 3.63) is 0 Å². The minimum atomic E-state index is -0.837. The Morgan fingerprint density at radius 3 is 2.38 bits per heavy atom. The molecule has 0 aromatic rings. The lowest BCUT2D eigenvalue weighted by Crippen LogP contribution is -2.54. The Kier molecular flexibility index (Phi) is 4.79. The monoisotopic (exact) mass is 296 g/mol. The maximum atomic E-state index is 12.2. The summed E-state index contributed by atoms with van der Waals surface area (Å²) in [6.45, 7) is 4.48. The minimum Gasteiger partial charge on any atom is -0.481 e. The van der Waals surface area contributed by atoms with E-state index in [0.717, 1.165) is 44.9 Å². The van der Waals surface area contributed by atoms with Crippen molar-refractivity contribution in [3.63, 3.8) is 0 Å². The number of urea groups is 1. The van der Waals surface area contributed by atoms with Gasteiger partial charge in [-0.25, -0.2) is 4.79 Å². The summed E-state index contributed by atoms with van der Waals surface area (Å²) in [6.07, 6.45) is 7.89. The van der Waals surface area contributed by atoms with Crippen LogP contribution in [0.4, 0.5) is 4.79 Å². The molecule has 2 fully saturated rings. The van der Waals surface area contributed by atoms with E-state index in [1.54, 1.807) is 0 Å².